The van der Waals surface area contributed by atoms with Gasteiger partial charge in [-0.15, -0.1) is 0 Å². The Labute approximate surface area is 232 Å². The van der Waals surface area contributed by atoms with E-state index in [2.05, 4.69) is 6.58 Å². The summed E-state index contributed by atoms with van der Waals surface area (Å²) in [7, 11) is 0. The van der Waals surface area contributed by atoms with Crippen LogP contribution in [-0.2, 0) is 31.2 Å². The summed E-state index contributed by atoms with van der Waals surface area (Å²) in [6, 6.07) is 13.5. The molecule has 2 aromatic rings. The Morgan fingerprint density at radius 1 is 1.13 bits per heavy atom. The van der Waals surface area contributed by atoms with Crippen molar-refractivity contribution >= 4 is 40.4 Å². The van der Waals surface area contributed by atoms with Gasteiger partial charge in [0, 0.05) is 29.2 Å². The van der Waals surface area contributed by atoms with E-state index in [1.165, 1.54) is 6.08 Å². The number of Topliss-reactive ketones (excluding diaryl/α,β-unsaturated/α-hetero) is 1. The third-order valence-electron chi connectivity index (χ3n) is 6.27. The van der Waals surface area contributed by atoms with E-state index in [1.54, 1.807) is 53.4 Å². The lowest BCUT2D eigenvalue weighted by molar-refractivity contribution is -0.146. The number of esters is 1. The first kappa shape index (κ1) is 29.9. The van der Waals surface area contributed by atoms with Crippen LogP contribution in [0.15, 0.2) is 61.2 Å². The fourth-order valence-corrected chi connectivity index (χ4v) is 5.89. The van der Waals surface area contributed by atoms with Gasteiger partial charge in [0.05, 0.1) is 24.6 Å². The molecule has 204 valence electrons. The Balaban J connectivity index is 1.34. The topological polar surface area (TPSA) is 96.0 Å². The first-order chi connectivity index (χ1) is 18.3. The van der Waals surface area contributed by atoms with Crippen molar-refractivity contribution in [2.24, 2.45) is 0 Å². The van der Waals surface area contributed by atoms with Crippen LogP contribution in [0, 0.1) is 0 Å². The SMILES string of the molecule is C=CCOC(=O)c1ccc(C[S+]([O-])C2CC(=O)N2C(C)COCCCCCC(=O)c2ccc(Cl)cc2)cc1. The first-order valence-corrected chi connectivity index (χ1v) is 14.5. The van der Waals surface area contributed by atoms with Gasteiger partial charge in [0.25, 0.3) is 0 Å². The van der Waals surface area contributed by atoms with E-state index in [9.17, 15) is 18.9 Å². The zero-order valence-electron chi connectivity index (χ0n) is 21.6. The number of hydrogen-bond donors (Lipinski definition) is 0. The van der Waals surface area contributed by atoms with E-state index in [0.717, 1.165) is 24.8 Å². The molecular formula is C29H34ClNO6S. The molecule has 0 bridgehead atoms. The molecule has 0 spiro atoms. The number of unbranched alkanes of at least 4 members (excludes halogenated alkanes) is 2. The van der Waals surface area contributed by atoms with Crippen LogP contribution in [0.5, 0.6) is 0 Å². The number of amides is 1. The first-order valence-electron chi connectivity index (χ1n) is 12.7. The van der Waals surface area contributed by atoms with Crippen molar-refractivity contribution < 1.29 is 28.4 Å². The lowest BCUT2D eigenvalue weighted by Crippen LogP contribution is -2.61. The molecule has 0 N–H and O–H groups in total. The van der Waals surface area contributed by atoms with E-state index in [4.69, 9.17) is 21.1 Å². The quantitative estimate of drug-likeness (QED) is 0.0688. The number of hydrogen-bond acceptors (Lipinski definition) is 6. The smallest absolute Gasteiger partial charge is 0.338 e. The summed E-state index contributed by atoms with van der Waals surface area (Å²) in [5.41, 5.74) is 1.91. The van der Waals surface area contributed by atoms with Crippen LogP contribution in [0.2, 0.25) is 5.02 Å². The average molecular weight is 560 g/mol. The minimum absolute atomic E-state index is 0.0273. The predicted molar refractivity (Wildman–Crippen MR) is 149 cm³/mol. The summed E-state index contributed by atoms with van der Waals surface area (Å²) < 4.78 is 23.8. The van der Waals surface area contributed by atoms with Crippen LogP contribution in [-0.4, -0.2) is 58.3 Å². The van der Waals surface area contributed by atoms with Crippen LogP contribution in [0.25, 0.3) is 0 Å². The van der Waals surface area contributed by atoms with Crippen LogP contribution < -0.4 is 0 Å². The number of carbonyl (C=O) groups is 3. The van der Waals surface area contributed by atoms with Crippen molar-refractivity contribution in [3.05, 3.63) is 82.9 Å². The van der Waals surface area contributed by atoms with Gasteiger partial charge in [-0.05, 0) is 67.3 Å². The monoisotopic (exact) mass is 559 g/mol. The molecule has 7 nitrogen and oxygen atoms in total. The summed E-state index contributed by atoms with van der Waals surface area (Å²) in [4.78, 5) is 38.0. The molecule has 1 saturated heterocycles. The average Bonchev–Trinajstić information content (AvgIpc) is 2.90. The van der Waals surface area contributed by atoms with E-state index in [1.807, 2.05) is 6.92 Å². The molecule has 3 atom stereocenters. The molecule has 1 aliphatic heterocycles. The maximum atomic E-state index is 13.0. The third kappa shape index (κ3) is 8.70. The minimum Gasteiger partial charge on any atom is -0.614 e. The highest BCUT2D eigenvalue weighted by molar-refractivity contribution is 7.91. The lowest BCUT2D eigenvalue weighted by Gasteiger charge is -2.43. The molecule has 2 aromatic carbocycles. The summed E-state index contributed by atoms with van der Waals surface area (Å²) in [6.07, 6.45) is 4.71. The number of nitrogens with zero attached hydrogens (tertiary/aromatic N) is 1. The molecule has 0 aromatic heterocycles. The highest BCUT2D eigenvalue weighted by Gasteiger charge is 2.46. The standard InChI is InChI=1S/C29H34ClNO6S/c1-3-16-37-29(34)24-10-8-22(9-11-24)20-38(35)28-18-27(33)31(28)21(2)19-36-17-6-4-5-7-26(32)23-12-14-25(30)15-13-23/h3,8-15,21,28H,1,4-7,16-20H2,2H3. The molecule has 0 aliphatic carbocycles. The fourth-order valence-electron chi connectivity index (χ4n) is 4.15. The molecule has 0 radical (unpaired) electrons. The Bertz CT molecular complexity index is 1090. The van der Waals surface area contributed by atoms with Crippen LogP contribution in [0.3, 0.4) is 0 Å². The van der Waals surface area contributed by atoms with Crippen LogP contribution in [0.1, 0.15) is 65.3 Å². The summed E-state index contributed by atoms with van der Waals surface area (Å²) >= 11 is 4.58. The van der Waals surface area contributed by atoms with Gasteiger partial charge in [0.1, 0.15) is 12.4 Å². The van der Waals surface area contributed by atoms with Gasteiger partial charge in [-0.2, -0.15) is 0 Å². The molecule has 38 heavy (non-hydrogen) atoms. The highest BCUT2D eigenvalue weighted by atomic mass is 35.5. The number of halogens is 1. The van der Waals surface area contributed by atoms with E-state index in [0.29, 0.717) is 41.5 Å². The molecule has 3 rings (SSSR count). The van der Waals surface area contributed by atoms with Crippen molar-refractivity contribution in [2.75, 3.05) is 19.8 Å². The molecule has 1 amide bonds. The van der Waals surface area contributed by atoms with Gasteiger partial charge in [0.15, 0.2) is 11.2 Å². The van der Waals surface area contributed by atoms with Crippen LogP contribution in [0.4, 0.5) is 0 Å². The predicted octanol–water partition coefficient (Wildman–Crippen LogP) is 5.34. The molecule has 1 aliphatic rings. The zero-order chi connectivity index (χ0) is 27.5. The number of ether oxygens (including phenoxy) is 2. The second-order valence-electron chi connectivity index (χ2n) is 9.23. The highest BCUT2D eigenvalue weighted by Crippen LogP contribution is 2.29. The fraction of sp³-hybridized carbons (Fsp3) is 0.414. The number of rotatable bonds is 16. The van der Waals surface area contributed by atoms with Crippen molar-refractivity contribution in [1.29, 1.82) is 0 Å². The number of carbonyl (C=O) groups excluding carboxylic acids is 3. The Kier molecular flexibility index (Phi) is 11.9. The molecule has 1 fully saturated rings. The lowest BCUT2D eigenvalue weighted by atomic mass is 10.1. The maximum Gasteiger partial charge on any atom is 0.338 e. The molecule has 1 heterocycles. The largest absolute Gasteiger partial charge is 0.614 e. The molecular weight excluding hydrogens is 526 g/mol. The maximum absolute atomic E-state index is 13.0. The molecule has 0 saturated carbocycles. The number of benzene rings is 2. The van der Waals surface area contributed by atoms with Gasteiger partial charge in [-0.3, -0.25) is 14.5 Å². The van der Waals surface area contributed by atoms with Gasteiger partial charge < -0.3 is 14.0 Å². The zero-order valence-corrected chi connectivity index (χ0v) is 23.2. The van der Waals surface area contributed by atoms with Crippen molar-refractivity contribution in [3.63, 3.8) is 0 Å². The van der Waals surface area contributed by atoms with Crippen LogP contribution >= 0.6 is 11.6 Å². The number of likely N-dealkylation sites (tertiary alicyclic amines) is 1. The van der Waals surface area contributed by atoms with E-state index >= 15 is 0 Å². The van der Waals surface area contributed by atoms with E-state index < -0.39 is 17.1 Å². The summed E-state index contributed by atoms with van der Waals surface area (Å²) in [5, 5.41) is 0.262. The Morgan fingerprint density at radius 2 is 1.82 bits per heavy atom. The van der Waals surface area contributed by atoms with Gasteiger partial charge in [-0.1, -0.05) is 42.8 Å². The van der Waals surface area contributed by atoms with Gasteiger partial charge >= 0.3 is 5.97 Å². The van der Waals surface area contributed by atoms with Gasteiger partial charge in [-0.25, -0.2) is 4.79 Å². The molecule has 3 unspecified atom stereocenters. The van der Waals surface area contributed by atoms with Crippen molar-refractivity contribution in [2.45, 2.75) is 56.2 Å². The van der Waals surface area contributed by atoms with Crippen molar-refractivity contribution in [3.8, 4) is 0 Å². The Hall–Kier alpha value is -2.65. The minimum atomic E-state index is -1.28. The van der Waals surface area contributed by atoms with E-state index in [-0.39, 0.29) is 36.1 Å². The number of ketones is 1. The second kappa shape index (κ2) is 15.1. The summed E-state index contributed by atoms with van der Waals surface area (Å²) in [5.74, 6) is -0.0683. The number of β-lactam (4-membered cyclic amide) rings is 1. The second-order valence-corrected chi connectivity index (χ2v) is 11.3. The van der Waals surface area contributed by atoms with Crippen molar-refractivity contribution in [1.82, 2.24) is 4.90 Å². The third-order valence-corrected chi connectivity index (χ3v) is 8.14. The Morgan fingerprint density at radius 3 is 2.47 bits per heavy atom. The normalized spacial score (nSPS) is 16.4. The summed E-state index contributed by atoms with van der Waals surface area (Å²) in [6.45, 7) is 6.46. The van der Waals surface area contributed by atoms with Gasteiger partial charge in [0.2, 0.25) is 5.91 Å². The molecule has 9 heteroatoms.